The lowest BCUT2D eigenvalue weighted by molar-refractivity contribution is -0.127. The fourth-order valence-electron chi connectivity index (χ4n) is 2.40. The molecule has 1 aromatic heterocycles. The number of aryl methyl sites for hydroxylation is 1. The quantitative estimate of drug-likeness (QED) is 0.579. The SMILES string of the molecule is Cc1ccc(-c2noc(CN(C)C(=O)CSCc3ccccc3Cl)n2)cc1. The first-order valence-electron chi connectivity index (χ1n) is 8.47. The first-order chi connectivity index (χ1) is 13.0. The predicted octanol–water partition coefficient (Wildman–Crippen LogP) is 4.59. The monoisotopic (exact) mass is 401 g/mol. The molecule has 3 aromatic rings. The maximum atomic E-state index is 12.3. The van der Waals surface area contributed by atoms with Crippen molar-refractivity contribution in [1.29, 1.82) is 0 Å². The Morgan fingerprint density at radius 3 is 2.67 bits per heavy atom. The van der Waals surface area contributed by atoms with E-state index in [4.69, 9.17) is 16.1 Å². The molecular formula is C20H20ClN3O2S. The van der Waals surface area contributed by atoms with Crippen molar-refractivity contribution in [3.05, 3.63) is 70.6 Å². The molecule has 3 rings (SSSR count). The van der Waals surface area contributed by atoms with E-state index in [-0.39, 0.29) is 12.5 Å². The number of rotatable bonds is 7. The standard InChI is InChI=1S/C20H20ClN3O2S/c1-14-7-9-15(10-8-14)20-22-18(26-23-20)11-24(2)19(25)13-27-12-16-5-3-4-6-17(16)21/h3-10H,11-13H2,1-2H3. The highest BCUT2D eigenvalue weighted by molar-refractivity contribution is 7.99. The van der Waals surface area contributed by atoms with Gasteiger partial charge in [-0.1, -0.05) is 64.8 Å². The largest absolute Gasteiger partial charge is 0.337 e. The average molecular weight is 402 g/mol. The van der Waals surface area contributed by atoms with Gasteiger partial charge in [0.05, 0.1) is 12.3 Å². The summed E-state index contributed by atoms with van der Waals surface area (Å²) in [5.74, 6) is 2.00. The Bertz CT molecular complexity index is 912. The summed E-state index contributed by atoms with van der Waals surface area (Å²) in [5, 5.41) is 4.72. The van der Waals surface area contributed by atoms with Crippen molar-refractivity contribution in [2.24, 2.45) is 0 Å². The van der Waals surface area contributed by atoms with Crippen LogP contribution in [-0.4, -0.2) is 33.7 Å². The summed E-state index contributed by atoms with van der Waals surface area (Å²) >= 11 is 7.66. The maximum absolute atomic E-state index is 12.3. The zero-order valence-corrected chi connectivity index (χ0v) is 16.8. The van der Waals surface area contributed by atoms with E-state index in [1.54, 1.807) is 11.9 Å². The number of amides is 1. The van der Waals surface area contributed by atoms with Gasteiger partial charge in [-0.3, -0.25) is 4.79 Å². The molecule has 0 spiro atoms. The Hall–Kier alpha value is -2.31. The summed E-state index contributed by atoms with van der Waals surface area (Å²) in [7, 11) is 1.73. The molecule has 0 aliphatic rings. The Balaban J connectivity index is 1.51. The minimum atomic E-state index is 0.00198. The van der Waals surface area contributed by atoms with E-state index in [1.165, 1.54) is 17.3 Å². The Morgan fingerprint density at radius 2 is 1.93 bits per heavy atom. The summed E-state index contributed by atoms with van der Waals surface area (Å²) in [6, 6.07) is 15.5. The molecule has 7 heteroatoms. The van der Waals surface area contributed by atoms with Crippen LogP contribution in [0.25, 0.3) is 11.4 Å². The highest BCUT2D eigenvalue weighted by Gasteiger charge is 2.15. The van der Waals surface area contributed by atoms with Crippen LogP contribution in [0.1, 0.15) is 17.0 Å². The summed E-state index contributed by atoms with van der Waals surface area (Å²) in [6.45, 7) is 2.31. The van der Waals surface area contributed by atoms with Crippen LogP contribution in [0.5, 0.6) is 0 Å². The van der Waals surface area contributed by atoms with Gasteiger partial charge in [0.15, 0.2) is 0 Å². The fraction of sp³-hybridized carbons (Fsp3) is 0.250. The van der Waals surface area contributed by atoms with Gasteiger partial charge >= 0.3 is 0 Å². The van der Waals surface area contributed by atoms with E-state index in [0.29, 0.717) is 23.2 Å². The van der Waals surface area contributed by atoms with Crippen LogP contribution in [0.15, 0.2) is 53.1 Å². The predicted molar refractivity (Wildman–Crippen MR) is 109 cm³/mol. The minimum Gasteiger partial charge on any atom is -0.337 e. The van der Waals surface area contributed by atoms with E-state index in [2.05, 4.69) is 10.1 Å². The number of hydrogen-bond donors (Lipinski definition) is 0. The molecule has 0 bridgehead atoms. The fourth-order valence-corrected chi connectivity index (χ4v) is 3.65. The van der Waals surface area contributed by atoms with E-state index in [0.717, 1.165) is 16.1 Å². The number of aromatic nitrogens is 2. The molecule has 0 saturated heterocycles. The minimum absolute atomic E-state index is 0.00198. The van der Waals surface area contributed by atoms with Crippen LogP contribution >= 0.6 is 23.4 Å². The topological polar surface area (TPSA) is 59.2 Å². The van der Waals surface area contributed by atoms with Gasteiger partial charge in [-0.25, -0.2) is 0 Å². The van der Waals surface area contributed by atoms with Crippen LogP contribution in [0.2, 0.25) is 5.02 Å². The Labute approximate surface area is 167 Å². The molecule has 1 amide bonds. The second-order valence-electron chi connectivity index (χ2n) is 6.21. The van der Waals surface area contributed by atoms with Crippen molar-refractivity contribution >= 4 is 29.3 Å². The smallest absolute Gasteiger partial charge is 0.246 e. The van der Waals surface area contributed by atoms with E-state index in [1.807, 2.05) is 55.5 Å². The molecule has 0 saturated carbocycles. The number of benzene rings is 2. The highest BCUT2D eigenvalue weighted by atomic mass is 35.5. The number of nitrogens with zero attached hydrogens (tertiary/aromatic N) is 3. The van der Waals surface area contributed by atoms with E-state index < -0.39 is 0 Å². The van der Waals surface area contributed by atoms with Gasteiger partial charge in [-0.05, 0) is 18.6 Å². The lowest BCUT2D eigenvalue weighted by Gasteiger charge is -2.14. The zero-order chi connectivity index (χ0) is 19.2. The van der Waals surface area contributed by atoms with Crippen molar-refractivity contribution in [1.82, 2.24) is 15.0 Å². The number of hydrogen-bond acceptors (Lipinski definition) is 5. The van der Waals surface area contributed by atoms with Crippen LogP contribution in [0, 0.1) is 6.92 Å². The summed E-state index contributed by atoms with van der Waals surface area (Å²) in [4.78, 5) is 18.3. The molecule has 140 valence electrons. The van der Waals surface area contributed by atoms with Crippen molar-refractivity contribution in [2.45, 2.75) is 19.2 Å². The van der Waals surface area contributed by atoms with Gasteiger partial charge in [0, 0.05) is 23.4 Å². The molecule has 0 aliphatic heterocycles. The number of halogens is 1. The number of carbonyl (C=O) groups is 1. The lowest BCUT2D eigenvalue weighted by atomic mass is 10.1. The third kappa shape index (κ3) is 5.34. The summed E-state index contributed by atoms with van der Waals surface area (Å²) < 4.78 is 5.28. The van der Waals surface area contributed by atoms with Crippen LogP contribution < -0.4 is 0 Å². The van der Waals surface area contributed by atoms with Crippen molar-refractivity contribution in [2.75, 3.05) is 12.8 Å². The van der Waals surface area contributed by atoms with Crippen LogP contribution in [0.4, 0.5) is 0 Å². The molecule has 27 heavy (non-hydrogen) atoms. The second kappa shape index (κ2) is 9.06. The van der Waals surface area contributed by atoms with Crippen molar-refractivity contribution < 1.29 is 9.32 Å². The van der Waals surface area contributed by atoms with Gasteiger partial charge in [0.25, 0.3) is 0 Å². The zero-order valence-electron chi connectivity index (χ0n) is 15.2. The molecule has 0 radical (unpaired) electrons. The van der Waals surface area contributed by atoms with E-state index >= 15 is 0 Å². The Morgan fingerprint density at radius 1 is 1.19 bits per heavy atom. The molecular weight excluding hydrogens is 382 g/mol. The molecule has 0 N–H and O–H groups in total. The average Bonchev–Trinajstić information content (AvgIpc) is 3.12. The first kappa shape index (κ1) is 19.5. The molecule has 5 nitrogen and oxygen atoms in total. The second-order valence-corrected chi connectivity index (χ2v) is 7.60. The summed E-state index contributed by atoms with van der Waals surface area (Å²) in [5.41, 5.74) is 3.08. The van der Waals surface area contributed by atoms with Gasteiger partial charge in [-0.2, -0.15) is 4.98 Å². The lowest BCUT2D eigenvalue weighted by Crippen LogP contribution is -2.28. The Kier molecular flexibility index (Phi) is 6.53. The normalized spacial score (nSPS) is 10.8. The summed E-state index contributed by atoms with van der Waals surface area (Å²) in [6.07, 6.45) is 0. The van der Waals surface area contributed by atoms with Gasteiger partial charge in [-0.15, -0.1) is 11.8 Å². The van der Waals surface area contributed by atoms with Gasteiger partial charge in [0.1, 0.15) is 0 Å². The number of thioether (sulfide) groups is 1. The maximum Gasteiger partial charge on any atom is 0.246 e. The van der Waals surface area contributed by atoms with E-state index in [9.17, 15) is 4.79 Å². The van der Waals surface area contributed by atoms with Crippen LogP contribution in [-0.2, 0) is 17.1 Å². The molecule has 2 aromatic carbocycles. The molecule has 0 atom stereocenters. The molecule has 0 fully saturated rings. The van der Waals surface area contributed by atoms with Gasteiger partial charge < -0.3 is 9.42 Å². The first-order valence-corrected chi connectivity index (χ1v) is 10.0. The highest BCUT2D eigenvalue weighted by Crippen LogP contribution is 2.21. The molecule has 0 aliphatic carbocycles. The number of carbonyl (C=O) groups excluding carboxylic acids is 1. The van der Waals surface area contributed by atoms with Gasteiger partial charge in [0.2, 0.25) is 17.6 Å². The molecule has 1 heterocycles. The van der Waals surface area contributed by atoms with Crippen molar-refractivity contribution in [3.63, 3.8) is 0 Å². The third-order valence-electron chi connectivity index (χ3n) is 4.02. The third-order valence-corrected chi connectivity index (χ3v) is 5.35. The molecule has 0 unspecified atom stereocenters. The van der Waals surface area contributed by atoms with Crippen LogP contribution in [0.3, 0.4) is 0 Å². The van der Waals surface area contributed by atoms with Crippen molar-refractivity contribution in [3.8, 4) is 11.4 Å².